The average molecular weight is 335 g/mol. The van der Waals surface area contributed by atoms with Crippen molar-refractivity contribution in [1.82, 2.24) is 4.98 Å². The predicted octanol–water partition coefficient (Wildman–Crippen LogP) is 4.51. The number of aromatic nitrogens is 1. The van der Waals surface area contributed by atoms with Crippen LogP contribution in [0.3, 0.4) is 0 Å². The lowest BCUT2D eigenvalue weighted by molar-refractivity contribution is 0.341. The van der Waals surface area contributed by atoms with Crippen LogP contribution in [-0.2, 0) is 12.8 Å². The van der Waals surface area contributed by atoms with Crippen LogP contribution >= 0.6 is 0 Å². The Morgan fingerprint density at radius 1 is 1.32 bits per heavy atom. The summed E-state index contributed by atoms with van der Waals surface area (Å²) in [7, 11) is 0. The molecule has 0 amide bonds. The molecule has 0 saturated heterocycles. The Balaban J connectivity index is 2.22. The topological polar surface area (TPSA) is 71.9 Å². The lowest BCUT2D eigenvalue weighted by atomic mass is 9.79. The largest absolute Gasteiger partial charge is 0.493 e. The van der Waals surface area contributed by atoms with Gasteiger partial charge in [0, 0.05) is 16.8 Å². The summed E-state index contributed by atoms with van der Waals surface area (Å²) in [5, 5.41) is 9.74. The zero-order valence-electron chi connectivity index (χ0n) is 15.0. The lowest BCUT2D eigenvalue weighted by Crippen LogP contribution is -2.18. The maximum Gasteiger partial charge on any atom is 0.142 e. The summed E-state index contributed by atoms with van der Waals surface area (Å²) >= 11 is 0. The van der Waals surface area contributed by atoms with Gasteiger partial charge in [0.15, 0.2) is 0 Å². The van der Waals surface area contributed by atoms with Crippen molar-refractivity contribution < 1.29 is 4.74 Å². The van der Waals surface area contributed by atoms with Crippen molar-refractivity contribution >= 4 is 5.82 Å². The van der Waals surface area contributed by atoms with Gasteiger partial charge in [-0.1, -0.05) is 38.0 Å². The molecular weight excluding hydrogens is 310 g/mol. The van der Waals surface area contributed by atoms with Gasteiger partial charge in [-0.25, -0.2) is 4.98 Å². The van der Waals surface area contributed by atoms with Crippen LogP contribution in [-0.4, -0.2) is 11.6 Å². The van der Waals surface area contributed by atoms with E-state index in [0.29, 0.717) is 23.9 Å². The number of fused-ring (bicyclic) bond motifs is 1. The van der Waals surface area contributed by atoms with Crippen LogP contribution in [0.2, 0.25) is 0 Å². The Morgan fingerprint density at radius 2 is 2.12 bits per heavy atom. The van der Waals surface area contributed by atoms with E-state index in [4.69, 9.17) is 10.5 Å². The highest BCUT2D eigenvalue weighted by molar-refractivity contribution is 5.82. The number of nitrogens with zero attached hydrogens (tertiary/aromatic N) is 2. The Hall–Kier alpha value is -2.54. The Morgan fingerprint density at radius 3 is 2.84 bits per heavy atom. The molecule has 1 unspecified atom stereocenters. The van der Waals surface area contributed by atoms with E-state index >= 15 is 0 Å². The number of nitriles is 1. The molecule has 2 N–H and O–H groups in total. The van der Waals surface area contributed by atoms with Gasteiger partial charge in [0.25, 0.3) is 0 Å². The van der Waals surface area contributed by atoms with Crippen molar-refractivity contribution in [2.24, 2.45) is 5.92 Å². The molecule has 1 atom stereocenters. The number of para-hydroxylation sites is 1. The van der Waals surface area contributed by atoms with Crippen LogP contribution in [0.25, 0.3) is 11.1 Å². The molecule has 1 aliphatic carbocycles. The first-order valence-corrected chi connectivity index (χ1v) is 9.13. The van der Waals surface area contributed by atoms with Gasteiger partial charge in [0.2, 0.25) is 0 Å². The zero-order valence-corrected chi connectivity index (χ0v) is 15.0. The molecule has 130 valence electrons. The van der Waals surface area contributed by atoms with Gasteiger partial charge in [-0.2, -0.15) is 5.26 Å². The molecule has 0 fully saturated rings. The van der Waals surface area contributed by atoms with E-state index in [0.717, 1.165) is 41.8 Å². The molecule has 25 heavy (non-hydrogen) atoms. The summed E-state index contributed by atoms with van der Waals surface area (Å²) in [5.74, 6) is 1.77. The normalized spacial score (nSPS) is 16.1. The highest BCUT2D eigenvalue weighted by Crippen LogP contribution is 2.41. The fourth-order valence-electron chi connectivity index (χ4n) is 3.87. The highest BCUT2D eigenvalue weighted by Gasteiger charge is 2.27. The second kappa shape index (κ2) is 7.57. The van der Waals surface area contributed by atoms with E-state index in [-0.39, 0.29) is 0 Å². The molecule has 1 aromatic carbocycles. The Bertz CT molecular complexity index is 808. The summed E-state index contributed by atoms with van der Waals surface area (Å²) < 4.78 is 5.83. The average Bonchev–Trinajstić information content (AvgIpc) is 2.62. The number of hydrogen-bond donors (Lipinski definition) is 1. The number of aryl methyl sites for hydroxylation is 1. The zero-order chi connectivity index (χ0) is 17.8. The number of pyridine rings is 1. The molecule has 1 aliphatic rings. The van der Waals surface area contributed by atoms with Crippen LogP contribution in [0, 0.1) is 17.2 Å². The fraction of sp³-hybridized carbons (Fsp3) is 0.429. The van der Waals surface area contributed by atoms with Gasteiger partial charge in [-0.05, 0) is 43.7 Å². The summed E-state index contributed by atoms with van der Waals surface area (Å²) in [5.41, 5.74) is 10.7. The smallest absolute Gasteiger partial charge is 0.142 e. The quantitative estimate of drug-likeness (QED) is 0.873. The van der Waals surface area contributed by atoms with Gasteiger partial charge in [-0.15, -0.1) is 0 Å². The van der Waals surface area contributed by atoms with Crippen molar-refractivity contribution in [3.63, 3.8) is 0 Å². The molecular formula is C21H25N3O. The fourth-order valence-corrected chi connectivity index (χ4v) is 3.87. The van der Waals surface area contributed by atoms with Gasteiger partial charge < -0.3 is 10.5 Å². The first-order chi connectivity index (χ1) is 12.2. The first-order valence-electron chi connectivity index (χ1n) is 9.13. The first kappa shape index (κ1) is 17.3. The number of rotatable bonds is 5. The SMILES string of the molecule is CCCC1CCc2nc(N)c(C#N)c(-c3ccccc3OCC)c2C1. The lowest BCUT2D eigenvalue weighted by Gasteiger charge is -2.27. The summed E-state index contributed by atoms with van der Waals surface area (Å²) in [6.07, 6.45) is 5.42. The molecule has 1 heterocycles. The maximum atomic E-state index is 9.74. The molecule has 4 nitrogen and oxygen atoms in total. The van der Waals surface area contributed by atoms with Crippen LogP contribution in [0.4, 0.5) is 5.82 Å². The predicted molar refractivity (Wildman–Crippen MR) is 100 cm³/mol. The van der Waals surface area contributed by atoms with E-state index in [1.807, 2.05) is 31.2 Å². The third-order valence-electron chi connectivity index (χ3n) is 4.96. The minimum atomic E-state index is 0.330. The van der Waals surface area contributed by atoms with Crippen LogP contribution in [0.15, 0.2) is 24.3 Å². The second-order valence-electron chi connectivity index (χ2n) is 6.61. The van der Waals surface area contributed by atoms with E-state index < -0.39 is 0 Å². The number of hydrogen-bond acceptors (Lipinski definition) is 4. The molecule has 0 bridgehead atoms. The van der Waals surface area contributed by atoms with Crippen molar-refractivity contribution in [1.29, 1.82) is 5.26 Å². The van der Waals surface area contributed by atoms with Crippen molar-refractivity contribution in [3.8, 4) is 22.9 Å². The number of ether oxygens (including phenoxy) is 1. The molecule has 4 heteroatoms. The van der Waals surface area contributed by atoms with Gasteiger partial charge in [0.05, 0.1) is 6.61 Å². The molecule has 2 aromatic rings. The van der Waals surface area contributed by atoms with E-state index in [1.165, 1.54) is 18.4 Å². The van der Waals surface area contributed by atoms with Crippen molar-refractivity contribution in [2.45, 2.75) is 46.0 Å². The number of anilines is 1. The van der Waals surface area contributed by atoms with Gasteiger partial charge in [-0.3, -0.25) is 0 Å². The summed E-state index contributed by atoms with van der Waals surface area (Å²) in [6.45, 7) is 4.78. The number of nitrogen functional groups attached to an aromatic ring is 1. The highest BCUT2D eigenvalue weighted by atomic mass is 16.5. The van der Waals surface area contributed by atoms with E-state index in [9.17, 15) is 5.26 Å². The van der Waals surface area contributed by atoms with Gasteiger partial charge in [0.1, 0.15) is 23.2 Å². The third-order valence-corrected chi connectivity index (χ3v) is 4.96. The second-order valence-corrected chi connectivity index (χ2v) is 6.61. The minimum absolute atomic E-state index is 0.330. The number of nitrogens with two attached hydrogens (primary N) is 1. The van der Waals surface area contributed by atoms with Crippen LogP contribution in [0.5, 0.6) is 5.75 Å². The van der Waals surface area contributed by atoms with Gasteiger partial charge >= 0.3 is 0 Å². The summed E-state index contributed by atoms with van der Waals surface area (Å²) in [6, 6.07) is 10.2. The Kier molecular flexibility index (Phi) is 5.23. The molecule has 0 aliphatic heterocycles. The summed E-state index contributed by atoms with van der Waals surface area (Å²) in [4.78, 5) is 4.56. The molecule has 0 spiro atoms. The standard InChI is InChI=1S/C21H25N3O/c1-3-7-14-10-11-18-16(12-14)20(17(13-22)21(23)24-18)15-8-5-6-9-19(15)25-4-2/h5-6,8-9,14H,3-4,7,10-12H2,1-2H3,(H2,23,24). The van der Waals surface area contributed by atoms with Crippen molar-refractivity contribution in [2.75, 3.05) is 12.3 Å². The van der Waals surface area contributed by atoms with E-state index in [1.54, 1.807) is 0 Å². The Labute approximate surface area is 149 Å². The monoisotopic (exact) mass is 335 g/mol. The van der Waals surface area contributed by atoms with Crippen molar-refractivity contribution in [3.05, 3.63) is 41.1 Å². The molecule has 0 saturated carbocycles. The van der Waals surface area contributed by atoms with E-state index in [2.05, 4.69) is 18.0 Å². The van der Waals surface area contributed by atoms with Crippen LogP contribution < -0.4 is 10.5 Å². The van der Waals surface area contributed by atoms with Crippen LogP contribution in [0.1, 0.15) is 49.9 Å². The maximum absolute atomic E-state index is 9.74. The molecule has 3 rings (SSSR count). The third kappa shape index (κ3) is 3.32. The molecule has 0 radical (unpaired) electrons. The number of benzene rings is 1. The molecule has 1 aromatic heterocycles. The minimum Gasteiger partial charge on any atom is -0.493 e.